The third-order valence-corrected chi connectivity index (χ3v) is 2.03. The average molecular weight is 195 g/mol. The minimum absolute atomic E-state index is 0.00764. The monoisotopic (exact) mass is 195 g/mol. The van der Waals surface area contributed by atoms with E-state index in [2.05, 4.69) is 4.98 Å². The maximum atomic E-state index is 11.4. The third kappa shape index (κ3) is 1.39. The van der Waals surface area contributed by atoms with E-state index in [0.717, 1.165) is 6.07 Å². The van der Waals surface area contributed by atoms with Gasteiger partial charge in [-0.05, 0) is 0 Å². The van der Waals surface area contributed by atoms with Crippen LogP contribution in [0.3, 0.4) is 0 Å². The van der Waals surface area contributed by atoms with Gasteiger partial charge in [-0.15, -0.1) is 0 Å². The quantitative estimate of drug-likeness (QED) is 0.614. The number of hydrogen-bond acceptors (Lipinski definition) is 4. The van der Waals surface area contributed by atoms with Crippen molar-refractivity contribution < 1.29 is 9.53 Å². The highest BCUT2D eigenvalue weighted by Gasteiger charge is 2.14. The van der Waals surface area contributed by atoms with Gasteiger partial charge in [0.25, 0.3) is 11.5 Å². The summed E-state index contributed by atoms with van der Waals surface area (Å²) in [7, 11) is 0. The predicted molar refractivity (Wildman–Crippen MR) is 46.7 cm³/mol. The molecule has 0 saturated heterocycles. The number of carbonyl (C=O) groups is 1. The van der Waals surface area contributed by atoms with Crippen LogP contribution in [0.5, 0.6) is 0 Å². The molecule has 0 aromatic carbocycles. The molecule has 1 amide bonds. The molecule has 6 nitrogen and oxygen atoms in total. The van der Waals surface area contributed by atoms with Crippen LogP contribution >= 0.6 is 0 Å². The summed E-state index contributed by atoms with van der Waals surface area (Å²) in [6, 6.07) is 1.15. The van der Waals surface area contributed by atoms with E-state index < -0.39 is 5.91 Å². The van der Waals surface area contributed by atoms with Gasteiger partial charge in [0.2, 0.25) is 0 Å². The van der Waals surface area contributed by atoms with E-state index in [9.17, 15) is 9.59 Å². The van der Waals surface area contributed by atoms with Crippen molar-refractivity contribution >= 4 is 5.91 Å². The van der Waals surface area contributed by atoms with Gasteiger partial charge in [0, 0.05) is 6.07 Å². The lowest BCUT2D eigenvalue weighted by Crippen LogP contribution is -2.33. The van der Waals surface area contributed by atoms with Crippen molar-refractivity contribution in [1.29, 1.82) is 0 Å². The van der Waals surface area contributed by atoms with Crippen LogP contribution in [-0.2, 0) is 17.9 Å². The van der Waals surface area contributed by atoms with Crippen molar-refractivity contribution in [2.45, 2.75) is 13.2 Å². The maximum Gasteiger partial charge on any atom is 0.267 e. The normalized spacial score (nSPS) is 14.9. The van der Waals surface area contributed by atoms with Crippen molar-refractivity contribution in [3.63, 3.8) is 0 Å². The van der Waals surface area contributed by atoms with Crippen LogP contribution in [-0.4, -0.2) is 22.1 Å². The molecule has 0 unspecified atom stereocenters. The predicted octanol–water partition coefficient (Wildman–Crippen LogP) is -1.13. The Balaban J connectivity index is 2.57. The molecule has 0 aliphatic carbocycles. The van der Waals surface area contributed by atoms with Crippen LogP contribution < -0.4 is 11.3 Å². The van der Waals surface area contributed by atoms with E-state index in [1.54, 1.807) is 0 Å². The summed E-state index contributed by atoms with van der Waals surface area (Å²) >= 11 is 0. The van der Waals surface area contributed by atoms with Crippen LogP contribution in [0.2, 0.25) is 0 Å². The molecule has 2 N–H and O–H groups in total. The molecule has 0 atom stereocenters. The molecule has 0 bridgehead atoms. The Hall–Kier alpha value is -1.69. The van der Waals surface area contributed by atoms with Crippen LogP contribution in [0, 0.1) is 0 Å². The molecule has 6 heteroatoms. The lowest BCUT2D eigenvalue weighted by molar-refractivity contribution is 0.0774. The zero-order valence-corrected chi connectivity index (χ0v) is 7.40. The minimum Gasteiger partial charge on any atom is -0.372 e. The number of rotatable bonds is 1. The van der Waals surface area contributed by atoms with Gasteiger partial charge in [0.15, 0.2) is 0 Å². The Bertz CT molecular complexity index is 438. The number of amides is 1. The Morgan fingerprint density at radius 1 is 1.64 bits per heavy atom. The van der Waals surface area contributed by atoms with Gasteiger partial charge in [0.05, 0.1) is 13.2 Å². The zero-order valence-electron chi connectivity index (χ0n) is 7.40. The summed E-state index contributed by atoms with van der Waals surface area (Å²) in [6.45, 7) is 1.21. The highest BCUT2D eigenvalue weighted by molar-refractivity contribution is 5.90. The van der Waals surface area contributed by atoms with Crippen molar-refractivity contribution in [3.8, 4) is 0 Å². The van der Waals surface area contributed by atoms with E-state index in [4.69, 9.17) is 10.5 Å². The van der Waals surface area contributed by atoms with Crippen LogP contribution in [0.1, 0.15) is 16.3 Å². The summed E-state index contributed by atoms with van der Waals surface area (Å²) in [5.41, 5.74) is 4.76. The molecule has 2 rings (SSSR count). The van der Waals surface area contributed by atoms with Gasteiger partial charge in [-0.2, -0.15) is 0 Å². The number of carbonyl (C=O) groups excluding carboxylic acids is 1. The molecule has 0 spiro atoms. The second-order valence-corrected chi connectivity index (χ2v) is 2.96. The number of nitrogens with zero attached hydrogens (tertiary/aromatic N) is 2. The first-order chi connectivity index (χ1) is 6.68. The maximum absolute atomic E-state index is 11.4. The molecular formula is C8H9N3O3. The highest BCUT2D eigenvalue weighted by Crippen LogP contribution is 2.03. The number of ether oxygens (including phenoxy) is 1. The van der Waals surface area contributed by atoms with Crippen molar-refractivity contribution in [2.75, 3.05) is 6.61 Å². The fourth-order valence-electron chi connectivity index (χ4n) is 1.35. The Morgan fingerprint density at radius 3 is 3.14 bits per heavy atom. The molecule has 1 aliphatic rings. The number of primary amides is 1. The summed E-state index contributed by atoms with van der Waals surface area (Å²) < 4.78 is 6.59. The number of hydrogen-bond donors (Lipinski definition) is 1. The molecular weight excluding hydrogens is 186 g/mol. The number of aromatic nitrogens is 2. The van der Waals surface area contributed by atoms with E-state index in [1.807, 2.05) is 0 Å². The van der Waals surface area contributed by atoms with Crippen LogP contribution in [0.25, 0.3) is 0 Å². The third-order valence-electron chi connectivity index (χ3n) is 2.03. The first-order valence-electron chi connectivity index (χ1n) is 4.17. The van der Waals surface area contributed by atoms with Crippen molar-refractivity contribution in [2.24, 2.45) is 5.73 Å². The Kier molecular flexibility index (Phi) is 2.05. The first-order valence-corrected chi connectivity index (χ1v) is 4.17. The molecule has 14 heavy (non-hydrogen) atoms. The average Bonchev–Trinajstić information content (AvgIpc) is 2.17. The van der Waals surface area contributed by atoms with E-state index >= 15 is 0 Å². The van der Waals surface area contributed by atoms with Gasteiger partial charge in [-0.1, -0.05) is 0 Å². The number of fused-ring (bicyclic) bond motifs is 1. The van der Waals surface area contributed by atoms with Gasteiger partial charge in [0.1, 0.15) is 18.1 Å². The molecule has 0 fully saturated rings. The fraction of sp³-hybridized carbons (Fsp3) is 0.375. The standard InChI is InChI=1S/C8H9N3O3/c9-8(13)5-3-7(12)11-1-2-14-4-6(11)10-5/h3H,1-2,4H2,(H2,9,13). The van der Waals surface area contributed by atoms with Crippen LogP contribution in [0.15, 0.2) is 10.9 Å². The Morgan fingerprint density at radius 2 is 2.43 bits per heavy atom. The van der Waals surface area contributed by atoms with E-state index in [0.29, 0.717) is 19.0 Å². The minimum atomic E-state index is -0.698. The van der Waals surface area contributed by atoms with Crippen LogP contribution in [0.4, 0.5) is 0 Å². The Labute approximate surface area is 79.3 Å². The lowest BCUT2D eigenvalue weighted by Gasteiger charge is -2.17. The van der Waals surface area contributed by atoms with Gasteiger partial charge >= 0.3 is 0 Å². The largest absolute Gasteiger partial charge is 0.372 e. The van der Waals surface area contributed by atoms with E-state index in [-0.39, 0.29) is 17.9 Å². The van der Waals surface area contributed by atoms with Gasteiger partial charge in [-0.25, -0.2) is 4.98 Å². The van der Waals surface area contributed by atoms with Gasteiger partial charge < -0.3 is 10.5 Å². The van der Waals surface area contributed by atoms with Crippen molar-refractivity contribution in [3.05, 3.63) is 27.9 Å². The smallest absolute Gasteiger partial charge is 0.267 e. The topological polar surface area (TPSA) is 87.2 Å². The highest BCUT2D eigenvalue weighted by atomic mass is 16.5. The molecule has 0 radical (unpaired) electrons. The second kappa shape index (κ2) is 3.22. The lowest BCUT2D eigenvalue weighted by atomic mass is 10.3. The summed E-state index contributed by atoms with van der Waals surface area (Å²) in [6.07, 6.45) is 0. The van der Waals surface area contributed by atoms with E-state index in [1.165, 1.54) is 4.57 Å². The zero-order chi connectivity index (χ0) is 10.1. The number of nitrogens with two attached hydrogens (primary N) is 1. The molecule has 0 saturated carbocycles. The molecule has 74 valence electrons. The molecule has 1 aliphatic heterocycles. The van der Waals surface area contributed by atoms with Crippen molar-refractivity contribution in [1.82, 2.24) is 9.55 Å². The molecule has 2 heterocycles. The molecule has 1 aromatic heterocycles. The second-order valence-electron chi connectivity index (χ2n) is 2.96. The summed E-state index contributed by atoms with van der Waals surface area (Å²) in [5.74, 6) is -0.242. The SMILES string of the molecule is NC(=O)c1cc(=O)n2c(n1)COCC2. The summed E-state index contributed by atoms with van der Waals surface area (Å²) in [5, 5.41) is 0. The summed E-state index contributed by atoms with van der Waals surface area (Å²) in [4.78, 5) is 26.2. The fourth-order valence-corrected chi connectivity index (χ4v) is 1.35. The first kappa shape index (κ1) is 8.89. The van der Waals surface area contributed by atoms with Gasteiger partial charge in [-0.3, -0.25) is 14.2 Å². The molecule has 1 aromatic rings.